The molecule has 2 aliphatic heterocycles. The molecule has 4 saturated carbocycles. The summed E-state index contributed by atoms with van der Waals surface area (Å²) in [6.07, 6.45) is -12.8. The van der Waals surface area contributed by atoms with Crippen LogP contribution in [0.25, 0.3) is 0 Å². The normalized spacial score (nSPS) is 54.7. The van der Waals surface area contributed by atoms with Gasteiger partial charge in [-0.05, 0) is 73.7 Å². The van der Waals surface area contributed by atoms with Crippen molar-refractivity contribution in [2.24, 2.45) is 34.5 Å². The number of aliphatic carboxylic acids is 1. The van der Waals surface area contributed by atoms with E-state index in [1.54, 1.807) is 0 Å². The lowest BCUT2D eigenvalue weighted by Crippen LogP contribution is -2.65. The molecule has 14 heteroatoms. The Hall–Kier alpha value is -1.27. The number of hydrogen-bond donors (Lipinski definition) is 9. The summed E-state index contributed by atoms with van der Waals surface area (Å²) in [5, 5.41) is 94.0. The van der Waals surface area contributed by atoms with Crippen LogP contribution in [-0.2, 0) is 23.7 Å². The minimum absolute atomic E-state index is 0.0218. The highest BCUT2D eigenvalue weighted by Gasteiger charge is 2.67. The molecule has 0 amide bonds. The number of aliphatic hydroxyl groups excluding tert-OH is 8. The Morgan fingerprint density at radius 2 is 1.51 bits per heavy atom. The molecule has 18 atom stereocenters. The number of carboxylic acid groups (broad SMARTS) is 1. The first kappa shape index (κ1) is 33.6. The number of hydrogen-bond acceptors (Lipinski definition) is 13. The highest BCUT2D eigenvalue weighted by atomic mass is 16.8. The van der Waals surface area contributed by atoms with Crippen molar-refractivity contribution >= 4 is 5.97 Å². The minimum Gasteiger partial charge on any atom is -0.481 e. The standard InChI is InChI=1S/C31H48O14/c1-12-13-3-4-19-30(2)9-14(7-15(27(40)41)16(30)5-6-31(19,8-13)26(12)39)42-29-25(23(37)21(35)18(11-33)44-29)45-28-24(38)22(36)20(34)17(10-32)43-28/h13-26,28-29,32-39H,1,3-11H2,2H3,(H,40,41)/t13-,14-,15-,16-,17-,18-,19+,20-,21-,22+,23+,24-,25-,26+,28+,29-,30-,31-/m1/s1. The van der Waals surface area contributed by atoms with Gasteiger partial charge in [0.05, 0.1) is 31.3 Å². The Morgan fingerprint density at radius 1 is 0.867 bits per heavy atom. The molecule has 6 rings (SSSR count). The molecule has 2 heterocycles. The van der Waals surface area contributed by atoms with Gasteiger partial charge in [0, 0.05) is 5.41 Å². The predicted molar refractivity (Wildman–Crippen MR) is 151 cm³/mol. The van der Waals surface area contributed by atoms with Gasteiger partial charge in [0.25, 0.3) is 0 Å². The van der Waals surface area contributed by atoms with Gasteiger partial charge in [-0.15, -0.1) is 0 Å². The van der Waals surface area contributed by atoms with Crippen molar-refractivity contribution in [3.63, 3.8) is 0 Å². The minimum atomic E-state index is -1.81. The van der Waals surface area contributed by atoms with Gasteiger partial charge >= 0.3 is 5.97 Å². The van der Waals surface area contributed by atoms with Gasteiger partial charge in [-0.2, -0.15) is 0 Å². The fourth-order valence-corrected chi connectivity index (χ4v) is 10.2. The number of carbonyl (C=O) groups is 1. The molecule has 45 heavy (non-hydrogen) atoms. The maximum Gasteiger partial charge on any atom is 0.306 e. The first-order chi connectivity index (χ1) is 21.3. The summed E-state index contributed by atoms with van der Waals surface area (Å²) in [6.45, 7) is 4.89. The van der Waals surface area contributed by atoms with Crippen LogP contribution in [0.15, 0.2) is 12.2 Å². The van der Waals surface area contributed by atoms with Crippen LogP contribution in [-0.4, -0.2) is 139 Å². The maximum atomic E-state index is 12.7. The van der Waals surface area contributed by atoms with Crippen molar-refractivity contribution in [2.75, 3.05) is 13.2 Å². The maximum absolute atomic E-state index is 12.7. The SMILES string of the molecule is C=C1[C@@H]2CC[C@H]3[C@]4(C)C[C@H](O[C@@H]5O[C@H](CO)[C@@H](O)[C@H](O)[C@H]5O[C@@H]5O[C@H](CO)[C@@H](O)[C@H](O)[C@H]5O)C[C@@H](C(=O)O)[C@H]4CC[C@]3(C2)[C@H]1O. The van der Waals surface area contributed by atoms with E-state index in [0.717, 1.165) is 31.3 Å². The monoisotopic (exact) mass is 644 g/mol. The van der Waals surface area contributed by atoms with Gasteiger partial charge in [0.2, 0.25) is 0 Å². The average molecular weight is 645 g/mol. The largest absolute Gasteiger partial charge is 0.481 e. The van der Waals surface area contributed by atoms with Crippen molar-refractivity contribution < 1.29 is 69.7 Å². The Kier molecular flexibility index (Phi) is 9.20. The summed E-state index contributed by atoms with van der Waals surface area (Å²) < 4.78 is 23.5. The van der Waals surface area contributed by atoms with E-state index in [-0.39, 0.29) is 29.6 Å². The van der Waals surface area contributed by atoms with E-state index in [1.165, 1.54) is 0 Å². The third kappa shape index (κ3) is 5.29. The van der Waals surface area contributed by atoms with Gasteiger partial charge in [-0.3, -0.25) is 4.79 Å². The van der Waals surface area contributed by atoms with Crippen molar-refractivity contribution in [3.05, 3.63) is 12.2 Å². The van der Waals surface area contributed by atoms with Gasteiger partial charge in [-0.1, -0.05) is 13.5 Å². The molecule has 1 spiro atoms. The second kappa shape index (κ2) is 12.3. The first-order valence-electron chi connectivity index (χ1n) is 16.1. The molecule has 0 aromatic heterocycles. The summed E-state index contributed by atoms with van der Waals surface area (Å²) in [5.74, 6) is -1.60. The smallest absolute Gasteiger partial charge is 0.306 e. The molecular formula is C31H48O14. The summed E-state index contributed by atoms with van der Waals surface area (Å²) in [6, 6.07) is 0. The molecule has 0 aromatic carbocycles. The van der Waals surface area contributed by atoms with E-state index in [1.807, 2.05) is 0 Å². The number of ether oxygens (including phenoxy) is 4. The fraction of sp³-hybridized carbons (Fsp3) is 0.903. The zero-order chi connectivity index (χ0) is 32.6. The summed E-state index contributed by atoms with van der Waals surface area (Å²) in [7, 11) is 0. The predicted octanol–water partition coefficient (Wildman–Crippen LogP) is -1.76. The van der Waals surface area contributed by atoms with E-state index in [2.05, 4.69) is 13.5 Å². The molecule has 14 nitrogen and oxygen atoms in total. The first-order valence-corrected chi connectivity index (χ1v) is 16.1. The second-order valence-electron chi connectivity index (χ2n) is 14.5. The van der Waals surface area contributed by atoms with E-state index in [0.29, 0.717) is 12.8 Å². The number of aliphatic hydroxyl groups is 8. The highest BCUT2D eigenvalue weighted by molar-refractivity contribution is 5.71. The van der Waals surface area contributed by atoms with Gasteiger partial charge in [0.15, 0.2) is 12.6 Å². The van der Waals surface area contributed by atoms with Crippen LogP contribution in [0.1, 0.15) is 51.9 Å². The second-order valence-corrected chi connectivity index (χ2v) is 14.5. The van der Waals surface area contributed by atoms with Crippen molar-refractivity contribution in [3.8, 4) is 0 Å². The molecule has 2 bridgehead atoms. The van der Waals surface area contributed by atoms with Crippen molar-refractivity contribution in [2.45, 2.75) is 125 Å². The zero-order valence-corrected chi connectivity index (χ0v) is 25.4. The van der Waals surface area contributed by atoms with Crippen LogP contribution in [0.4, 0.5) is 0 Å². The Bertz CT molecular complexity index is 1120. The highest BCUT2D eigenvalue weighted by Crippen LogP contribution is 2.70. The lowest BCUT2D eigenvalue weighted by molar-refractivity contribution is -0.374. The number of carboxylic acids is 1. The molecule has 6 fully saturated rings. The van der Waals surface area contributed by atoms with Crippen LogP contribution in [0.5, 0.6) is 0 Å². The van der Waals surface area contributed by atoms with Crippen molar-refractivity contribution in [1.29, 1.82) is 0 Å². The zero-order valence-electron chi connectivity index (χ0n) is 25.4. The molecule has 256 valence electrons. The third-order valence-corrected chi connectivity index (χ3v) is 12.4. The van der Waals surface area contributed by atoms with Crippen LogP contribution >= 0.6 is 0 Å². The molecule has 0 aromatic rings. The Labute approximate surface area is 261 Å². The third-order valence-electron chi connectivity index (χ3n) is 12.4. The molecule has 9 N–H and O–H groups in total. The Morgan fingerprint density at radius 3 is 2.16 bits per heavy atom. The van der Waals surface area contributed by atoms with Crippen LogP contribution in [0.3, 0.4) is 0 Å². The molecule has 2 saturated heterocycles. The molecule has 0 unspecified atom stereocenters. The van der Waals surface area contributed by atoms with E-state index in [4.69, 9.17) is 18.9 Å². The molecular weight excluding hydrogens is 596 g/mol. The van der Waals surface area contributed by atoms with Gasteiger partial charge < -0.3 is 64.9 Å². The lowest BCUT2D eigenvalue weighted by Gasteiger charge is -2.62. The average Bonchev–Trinajstić information content (AvgIpc) is 3.18. The van der Waals surface area contributed by atoms with Crippen molar-refractivity contribution in [1.82, 2.24) is 0 Å². The van der Waals surface area contributed by atoms with E-state index >= 15 is 0 Å². The summed E-state index contributed by atoms with van der Waals surface area (Å²) in [4.78, 5) is 12.7. The molecule has 0 radical (unpaired) electrons. The molecule has 4 aliphatic carbocycles. The van der Waals surface area contributed by atoms with Crippen LogP contribution in [0, 0.1) is 34.5 Å². The summed E-state index contributed by atoms with van der Waals surface area (Å²) in [5.41, 5.74) is -0.0454. The van der Waals surface area contributed by atoms with Gasteiger partial charge in [0.1, 0.15) is 48.8 Å². The topological polar surface area (TPSA) is 236 Å². The number of rotatable bonds is 7. The van der Waals surface area contributed by atoms with Crippen LogP contribution in [0.2, 0.25) is 0 Å². The van der Waals surface area contributed by atoms with Crippen LogP contribution < -0.4 is 0 Å². The van der Waals surface area contributed by atoms with E-state index < -0.39 is 104 Å². The quantitative estimate of drug-likeness (QED) is 0.110. The van der Waals surface area contributed by atoms with Gasteiger partial charge in [-0.25, -0.2) is 0 Å². The molecule has 6 aliphatic rings. The Balaban J connectivity index is 1.28. The fourth-order valence-electron chi connectivity index (χ4n) is 10.2. The summed E-state index contributed by atoms with van der Waals surface area (Å²) >= 11 is 0. The number of fused-ring (bicyclic) bond motifs is 3. The lowest BCUT2D eigenvalue weighted by atomic mass is 9.43. The van der Waals surface area contributed by atoms with E-state index in [9.17, 15) is 50.8 Å².